The lowest BCUT2D eigenvalue weighted by molar-refractivity contribution is 0.485. The molecule has 0 unspecified atom stereocenters. The average molecular weight is 307 g/mol. The molecule has 0 bridgehead atoms. The van der Waals surface area contributed by atoms with Crippen LogP contribution in [0, 0.1) is 5.41 Å². The first-order chi connectivity index (χ1) is 11.1. The van der Waals surface area contributed by atoms with Crippen molar-refractivity contribution in [1.29, 1.82) is 5.41 Å². The van der Waals surface area contributed by atoms with Gasteiger partial charge < -0.3 is 15.8 Å². The lowest BCUT2D eigenvalue weighted by atomic mass is 9.99. The molecule has 0 radical (unpaired) electrons. The number of nitrogens with two attached hydrogens (primary N) is 1. The Bertz CT molecular complexity index is 1010. The fourth-order valence-electron chi connectivity index (χ4n) is 2.74. The van der Waals surface area contributed by atoms with Crippen LogP contribution in [0.15, 0.2) is 41.2 Å². The van der Waals surface area contributed by atoms with Gasteiger partial charge in [-0.25, -0.2) is 5.10 Å². The highest BCUT2D eigenvalue weighted by Crippen LogP contribution is 2.44. The number of fused-ring (bicyclic) bond motifs is 2. The largest absolute Gasteiger partial charge is 0.456 e. The molecule has 7 heteroatoms. The highest BCUT2D eigenvalue weighted by molar-refractivity contribution is 6.01. The van der Waals surface area contributed by atoms with Gasteiger partial charge in [-0.05, 0) is 29.8 Å². The minimum Gasteiger partial charge on any atom is -0.456 e. The van der Waals surface area contributed by atoms with Crippen LogP contribution in [0.3, 0.4) is 0 Å². The lowest BCUT2D eigenvalue weighted by Gasteiger charge is -2.20. The van der Waals surface area contributed by atoms with Crippen molar-refractivity contribution >= 4 is 16.7 Å². The Morgan fingerprint density at radius 1 is 1.30 bits per heavy atom. The fourth-order valence-corrected chi connectivity index (χ4v) is 2.74. The maximum Gasteiger partial charge on any atom is 0.272 e. The number of aromatic amines is 1. The molecule has 0 amide bonds. The van der Waals surface area contributed by atoms with E-state index >= 15 is 0 Å². The predicted molar refractivity (Wildman–Crippen MR) is 86.6 cm³/mol. The summed E-state index contributed by atoms with van der Waals surface area (Å²) in [5.74, 6) is 1.21. The summed E-state index contributed by atoms with van der Waals surface area (Å²) < 4.78 is 5.90. The number of nitrogens with one attached hydrogen (secondary N) is 3. The minimum atomic E-state index is -0.243. The topological polar surface area (TPSA) is 117 Å². The number of ether oxygens (including phenoxy) is 1. The van der Waals surface area contributed by atoms with Gasteiger partial charge in [0.1, 0.15) is 17.2 Å². The van der Waals surface area contributed by atoms with Gasteiger partial charge in [0, 0.05) is 12.1 Å². The zero-order valence-corrected chi connectivity index (χ0v) is 12.0. The van der Waals surface area contributed by atoms with Gasteiger partial charge in [-0.1, -0.05) is 12.1 Å². The van der Waals surface area contributed by atoms with E-state index in [1.807, 2.05) is 24.3 Å². The first-order valence-corrected chi connectivity index (χ1v) is 7.04. The van der Waals surface area contributed by atoms with Crippen molar-refractivity contribution in [2.75, 3.05) is 0 Å². The third-order valence-corrected chi connectivity index (χ3v) is 3.78. The normalized spacial score (nSPS) is 11.7. The van der Waals surface area contributed by atoms with E-state index < -0.39 is 0 Å². The molecule has 0 fully saturated rings. The van der Waals surface area contributed by atoms with Crippen molar-refractivity contribution in [3.05, 3.63) is 52.3 Å². The summed E-state index contributed by atoms with van der Waals surface area (Å²) in [5.41, 5.74) is 7.49. The van der Waals surface area contributed by atoms with Crippen LogP contribution in [0.4, 0.5) is 0 Å². The fraction of sp³-hybridized carbons (Fsp3) is 0.0625. The molecule has 0 spiro atoms. The van der Waals surface area contributed by atoms with Crippen molar-refractivity contribution in [3.63, 3.8) is 0 Å². The van der Waals surface area contributed by atoms with Crippen molar-refractivity contribution in [1.82, 2.24) is 15.5 Å². The maximum atomic E-state index is 12.0. The Morgan fingerprint density at radius 3 is 3.00 bits per heavy atom. The molecule has 0 saturated carbocycles. The molecular weight excluding hydrogens is 294 g/mol. The van der Waals surface area contributed by atoms with E-state index in [9.17, 15) is 4.79 Å². The molecule has 114 valence electrons. The first-order valence-electron chi connectivity index (χ1n) is 7.04. The van der Waals surface area contributed by atoms with Gasteiger partial charge in [-0.15, -0.1) is 0 Å². The number of hydrogen-bond donors (Lipinski definition) is 4. The highest BCUT2D eigenvalue weighted by Gasteiger charge is 2.22. The molecule has 1 aliphatic rings. The molecule has 23 heavy (non-hydrogen) atoms. The second-order valence-corrected chi connectivity index (χ2v) is 5.28. The van der Waals surface area contributed by atoms with Crippen LogP contribution >= 0.6 is 0 Å². The molecule has 1 aromatic heterocycles. The van der Waals surface area contributed by atoms with Crippen LogP contribution in [0.25, 0.3) is 22.0 Å². The van der Waals surface area contributed by atoms with Gasteiger partial charge in [0.05, 0.1) is 10.8 Å². The van der Waals surface area contributed by atoms with Gasteiger partial charge in [-0.2, -0.15) is 5.10 Å². The molecule has 3 aromatic rings. The number of nitrogens with zero attached hydrogens (tertiary/aromatic N) is 1. The standard InChI is InChI=1S/C16H13N5O2/c17-16(18)19-7-8-4-5-11-10(6-8)14-13-9(15(22)21-20-14)2-1-3-12(13)23-11/h1-6H,7H2,(H,21,22)(H4,17,18,19). The number of benzene rings is 2. The molecule has 2 heterocycles. The monoisotopic (exact) mass is 307 g/mol. The Kier molecular flexibility index (Phi) is 2.80. The van der Waals surface area contributed by atoms with Crippen LogP contribution in [-0.4, -0.2) is 16.2 Å². The predicted octanol–water partition coefficient (Wildman–Crippen LogP) is 1.68. The van der Waals surface area contributed by atoms with Crippen molar-refractivity contribution in [2.24, 2.45) is 5.73 Å². The molecule has 2 aromatic carbocycles. The van der Waals surface area contributed by atoms with Crippen LogP contribution < -0.4 is 21.3 Å². The Hall–Kier alpha value is -3.35. The summed E-state index contributed by atoms with van der Waals surface area (Å²) in [7, 11) is 0. The third kappa shape index (κ3) is 2.10. The van der Waals surface area contributed by atoms with E-state index in [0.717, 1.165) is 11.1 Å². The van der Waals surface area contributed by atoms with Gasteiger partial charge >= 0.3 is 0 Å². The third-order valence-electron chi connectivity index (χ3n) is 3.78. The number of guanidine groups is 1. The van der Waals surface area contributed by atoms with Gasteiger partial charge in [0.2, 0.25) is 0 Å². The lowest BCUT2D eigenvalue weighted by Crippen LogP contribution is -2.29. The Balaban J connectivity index is 1.91. The average Bonchev–Trinajstić information content (AvgIpc) is 2.55. The second kappa shape index (κ2) is 4.84. The van der Waals surface area contributed by atoms with E-state index in [0.29, 0.717) is 34.5 Å². The van der Waals surface area contributed by atoms with Crippen LogP contribution in [0.2, 0.25) is 0 Å². The van der Waals surface area contributed by atoms with Gasteiger partial charge in [-0.3, -0.25) is 10.2 Å². The molecule has 0 saturated heterocycles. The number of hydrogen-bond acceptors (Lipinski definition) is 4. The molecule has 0 aliphatic carbocycles. The van der Waals surface area contributed by atoms with Crippen molar-refractivity contribution < 1.29 is 4.74 Å². The number of rotatable bonds is 2. The zero-order valence-electron chi connectivity index (χ0n) is 12.0. The highest BCUT2D eigenvalue weighted by atomic mass is 16.5. The summed E-state index contributed by atoms with van der Waals surface area (Å²) in [6, 6.07) is 11.0. The Labute approximate surface area is 130 Å². The summed E-state index contributed by atoms with van der Waals surface area (Å²) in [6.45, 7) is 0.427. The van der Waals surface area contributed by atoms with Crippen LogP contribution in [-0.2, 0) is 6.54 Å². The molecule has 7 nitrogen and oxygen atoms in total. The Morgan fingerprint density at radius 2 is 2.17 bits per heavy atom. The number of aromatic nitrogens is 2. The summed E-state index contributed by atoms with van der Waals surface area (Å²) in [5, 5.41) is 18.0. The smallest absolute Gasteiger partial charge is 0.272 e. The molecule has 0 atom stereocenters. The van der Waals surface area contributed by atoms with Crippen LogP contribution in [0.5, 0.6) is 11.5 Å². The minimum absolute atomic E-state index is 0.0890. The van der Waals surface area contributed by atoms with E-state index in [4.69, 9.17) is 15.9 Å². The number of H-pyrrole nitrogens is 1. The molecule has 4 rings (SSSR count). The molecule has 5 N–H and O–H groups in total. The van der Waals surface area contributed by atoms with E-state index in [2.05, 4.69) is 15.5 Å². The van der Waals surface area contributed by atoms with E-state index in [1.165, 1.54) is 0 Å². The van der Waals surface area contributed by atoms with E-state index in [1.54, 1.807) is 12.1 Å². The van der Waals surface area contributed by atoms with Gasteiger partial charge in [0.15, 0.2) is 5.96 Å². The molecule has 1 aliphatic heterocycles. The molecular formula is C16H13N5O2. The second-order valence-electron chi connectivity index (χ2n) is 5.28. The summed E-state index contributed by atoms with van der Waals surface area (Å²) >= 11 is 0. The van der Waals surface area contributed by atoms with Crippen molar-refractivity contribution in [3.8, 4) is 22.8 Å². The van der Waals surface area contributed by atoms with Crippen molar-refractivity contribution in [2.45, 2.75) is 6.54 Å². The van der Waals surface area contributed by atoms with Gasteiger partial charge in [0.25, 0.3) is 5.56 Å². The first kappa shape index (κ1) is 13.3. The maximum absolute atomic E-state index is 12.0. The van der Waals surface area contributed by atoms with Crippen LogP contribution in [0.1, 0.15) is 5.56 Å². The summed E-state index contributed by atoms with van der Waals surface area (Å²) in [6.07, 6.45) is 0. The zero-order chi connectivity index (χ0) is 16.0. The van der Waals surface area contributed by atoms with E-state index in [-0.39, 0.29) is 11.5 Å². The quantitative estimate of drug-likeness (QED) is 0.332. The SMILES string of the molecule is N=C(N)NCc1ccc2c(c1)-c1n[nH]c(=O)c3cccc(c13)O2. The summed E-state index contributed by atoms with van der Waals surface area (Å²) in [4.78, 5) is 12.0.